The number of aliphatic hydroxyl groups is 1. The van der Waals surface area contributed by atoms with Crippen molar-refractivity contribution in [3.05, 3.63) is 29.8 Å². The zero-order valence-corrected chi connectivity index (χ0v) is 12.0. The van der Waals surface area contributed by atoms with E-state index in [4.69, 9.17) is 4.74 Å². The van der Waals surface area contributed by atoms with E-state index < -0.39 is 0 Å². The predicted octanol–water partition coefficient (Wildman–Crippen LogP) is 2.33. The van der Waals surface area contributed by atoms with Crippen LogP contribution in [-0.2, 0) is 6.42 Å². The molecule has 0 bridgehead atoms. The SMILES string of the molecule is COc1ccccc1CCCN1CCC(C)C(O)C1. The molecule has 1 fully saturated rings. The monoisotopic (exact) mass is 263 g/mol. The van der Waals surface area contributed by atoms with Gasteiger partial charge in [0, 0.05) is 6.54 Å². The first-order valence-corrected chi connectivity index (χ1v) is 7.23. The molecule has 1 aromatic carbocycles. The Morgan fingerprint density at radius 1 is 1.37 bits per heavy atom. The molecule has 1 saturated heterocycles. The van der Waals surface area contributed by atoms with E-state index in [0.29, 0.717) is 5.92 Å². The highest BCUT2D eigenvalue weighted by Gasteiger charge is 2.23. The molecule has 1 aliphatic rings. The molecular weight excluding hydrogens is 238 g/mol. The zero-order valence-electron chi connectivity index (χ0n) is 12.0. The minimum Gasteiger partial charge on any atom is -0.496 e. The molecule has 1 aliphatic heterocycles. The summed E-state index contributed by atoms with van der Waals surface area (Å²) in [7, 11) is 1.72. The highest BCUT2D eigenvalue weighted by molar-refractivity contribution is 5.33. The molecule has 0 saturated carbocycles. The van der Waals surface area contributed by atoms with Gasteiger partial charge in [-0.15, -0.1) is 0 Å². The van der Waals surface area contributed by atoms with Gasteiger partial charge in [-0.2, -0.15) is 0 Å². The molecule has 3 nitrogen and oxygen atoms in total. The van der Waals surface area contributed by atoms with Crippen molar-refractivity contribution in [2.75, 3.05) is 26.7 Å². The Morgan fingerprint density at radius 3 is 2.89 bits per heavy atom. The van der Waals surface area contributed by atoms with E-state index in [-0.39, 0.29) is 6.10 Å². The van der Waals surface area contributed by atoms with Crippen LogP contribution in [0.3, 0.4) is 0 Å². The van der Waals surface area contributed by atoms with Crippen molar-refractivity contribution in [2.24, 2.45) is 5.92 Å². The lowest BCUT2D eigenvalue weighted by molar-refractivity contribution is 0.0289. The number of hydrogen-bond acceptors (Lipinski definition) is 3. The van der Waals surface area contributed by atoms with E-state index in [9.17, 15) is 5.11 Å². The molecule has 3 heteroatoms. The van der Waals surface area contributed by atoms with Crippen molar-refractivity contribution in [1.82, 2.24) is 4.90 Å². The highest BCUT2D eigenvalue weighted by Crippen LogP contribution is 2.20. The molecule has 1 aromatic rings. The molecule has 19 heavy (non-hydrogen) atoms. The molecule has 106 valence electrons. The first-order chi connectivity index (χ1) is 9.20. The lowest BCUT2D eigenvalue weighted by Gasteiger charge is -2.34. The molecule has 0 aliphatic carbocycles. The molecule has 1 N–H and O–H groups in total. The summed E-state index contributed by atoms with van der Waals surface area (Å²) in [5.74, 6) is 1.43. The van der Waals surface area contributed by atoms with E-state index in [1.54, 1.807) is 7.11 Å². The number of piperidine rings is 1. The number of methoxy groups -OCH3 is 1. The fourth-order valence-electron chi connectivity index (χ4n) is 2.72. The average Bonchev–Trinajstić information content (AvgIpc) is 2.43. The van der Waals surface area contributed by atoms with Gasteiger partial charge in [-0.1, -0.05) is 25.1 Å². The van der Waals surface area contributed by atoms with Crippen LogP contribution in [0.4, 0.5) is 0 Å². The van der Waals surface area contributed by atoms with Gasteiger partial charge in [0.15, 0.2) is 0 Å². The van der Waals surface area contributed by atoms with Gasteiger partial charge >= 0.3 is 0 Å². The van der Waals surface area contributed by atoms with Crippen LogP contribution in [0.15, 0.2) is 24.3 Å². The standard InChI is InChI=1S/C16H25NO2/c1-13-9-11-17(12-15(13)18)10-5-7-14-6-3-4-8-16(14)19-2/h3-4,6,8,13,15,18H,5,7,9-12H2,1-2H3. The number of rotatable bonds is 5. The number of para-hydroxylation sites is 1. The Balaban J connectivity index is 1.77. The Bertz CT molecular complexity index is 394. The number of likely N-dealkylation sites (tertiary alicyclic amines) is 1. The third kappa shape index (κ3) is 3.95. The first-order valence-electron chi connectivity index (χ1n) is 7.23. The van der Waals surface area contributed by atoms with Crippen LogP contribution in [0.25, 0.3) is 0 Å². The van der Waals surface area contributed by atoms with Crippen LogP contribution < -0.4 is 4.74 Å². The van der Waals surface area contributed by atoms with E-state index >= 15 is 0 Å². The quantitative estimate of drug-likeness (QED) is 0.885. The molecule has 2 rings (SSSR count). The van der Waals surface area contributed by atoms with E-state index in [2.05, 4.69) is 24.0 Å². The molecule has 0 radical (unpaired) electrons. The van der Waals surface area contributed by atoms with Gasteiger partial charge in [-0.05, 0) is 49.9 Å². The average molecular weight is 263 g/mol. The van der Waals surface area contributed by atoms with E-state index in [1.165, 1.54) is 5.56 Å². The van der Waals surface area contributed by atoms with Gasteiger partial charge in [0.05, 0.1) is 13.2 Å². The smallest absolute Gasteiger partial charge is 0.122 e. The van der Waals surface area contributed by atoms with Crippen molar-refractivity contribution in [3.8, 4) is 5.75 Å². The molecule has 1 heterocycles. The summed E-state index contributed by atoms with van der Waals surface area (Å²) in [5.41, 5.74) is 1.27. The Kier molecular flexibility index (Phi) is 5.23. The second kappa shape index (κ2) is 6.92. The number of β-amino-alcohol motifs (C(OH)–C–C–N with tert-alkyl or cyclic N) is 1. The minimum absolute atomic E-state index is 0.153. The predicted molar refractivity (Wildman–Crippen MR) is 77.5 cm³/mol. The first kappa shape index (κ1) is 14.4. The summed E-state index contributed by atoms with van der Waals surface area (Å²) in [6.07, 6.45) is 3.10. The number of aryl methyl sites for hydroxylation is 1. The van der Waals surface area contributed by atoms with Crippen molar-refractivity contribution in [1.29, 1.82) is 0 Å². The van der Waals surface area contributed by atoms with E-state index in [1.807, 2.05) is 12.1 Å². The summed E-state index contributed by atoms with van der Waals surface area (Å²) < 4.78 is 5.37. The maximum absolute atomic E-state index is 9.88. The van der Waals surface area contributed by atoms with Gasteiger partial charge in [0.2, 0.25) is 0 Å². The summed E-state index contributed by atoms with van der Waals surface area (Å²) in [4.78, 5) is 2.38. The number of ether oxygens (including phenoxy) is 1. The fourth-order valence-corrected chi connectivity index (χ4v) is 2.72. The maximum Gasteiger partial charge on any atom is 0.122 e. The Hall–Kier alpha value is -1.06. The molecular formula is C16H25NO2. The van der Waals surface area contributed by atoms with Gasteiger partial charge in [-0.25, -0.2) is 0 Å². The molecule has 2 unspecified atom stereocenters. The van der Waals surface area contributed by atoms with Crippen molar-refractivity contribution >= 4 is 0 Å². The summed E-state index contributed by atoms with van der Waals surface area (Å²) in [6, 6.07) is 8.21. The molecule has 0 amide bonds. The van der Waals surface area contributed by atoms with Gasteiger partial charge < -0.3 is 14.7 Å². The van der Waals surface area contributed by atoms with Gasteiger partial charge in [0.1, 0.15) is 5.75 Å². The zero-order chi connectivity index (χ0) is 13.7. The van der Waals surface area contributed by atoms with Crippen molar-refractivity contribution in [2.45, 2.75) is 32.3 Å². The largest absolute Gasteiger partial charge is 0.496 e. The van der Waals surface area contributed by atoms with Crippen LogP contribution in [0, 0.1) is 5.92 Å². The third-order valence-corrected chi connectivity index (χ3v) is 4.12. The highest BCUT2D eigenvalue weighted by atomic mass is 16.5. The molecule has 2 atom stereocenters. The summed E-state index contributed by atoms with van der Waals surface area (Å²) in [5, 5.41) is 9.88. The fraction of sp³-hybridized carbons (Fsp3) is 0.625. The number of nitrogens with zero attached hydrogens (tertiary/aromatic N) is 1. The lowest BCUT2D eigenvalue weighted by atomic mass is 9.96. The van der Waals surface area contributed by atoms with Crippen LogP contribution in [0.1, 0.15) is 25.3 Å². The maximum atomic E-state index is 9.88. The molecule has 0 aromatic heterocycles. The van der Waals surface area contributed by atoms with E-state index in [0.717, 1.165) is 44.6 Å². The number of benzene rings is 1. The number of aliphatic hydroxyl groups excluding tert-OH is 1. The van der Waals surface area contributed by atoms with Crippen LogP contribution in [0.2, 0.25) is 0 Å². The Labute approximate surface area is 116 Å². The van der Waals surface area contributed by atoms with Crippen LogP contribution in [-0.4, -0.2) is 42.9 Å². The normalized spacial score (nSPS) is 24.4. The summed E-state index contributed by atoms with van der Waals surface area (Å²) >= 11 is 0. The Morgan fingerprint density at radius 2 is 2.16 bits per heavy atom. The van der Waals surface area contributed by atoms with Gasteiger partial charge in [-0.3, -0.25) is 0 Å². The lowest BCUT2D eigenvalue weighted by Crippen LogP contribution is -2.43. The van der Waals surface area contributed by atoms with Crippen LogP contribution in [0.5, 0.6) is 5.75 Å². The summed E-state index contributed by atoms with van der Waals surface area (Å²) in [6.45, 7) is 5.13. The second-order valence-corrected chi connectivity index (χ2v) is 5.55. The second-order valence-electron chi connectivity index (χ2n) is 5.55. The third-order valence-electron chi connectivity index (χ3n) is 4.12. The minimum atomic E-state index is -0.153. The van der Waals surface area contributed by atoms with Crippen molar-refractivity contribution < 1.29 is 9.84 Å². The van der Waals surface area contributed by atoms with Crippen LogP contribution >= 0.6 is 0 Å². The van der Waals surface area contributed by atoms with Crippen molar-refractivity contribution in [3.63, 3.8) is 0 Å². The van der Waals surface area contributed by atoms with Gasteiger partial charge in [0.25, 0.3) is 0 Å². The topological polar surface area (TPSA) is 32.7 Å². The molecule has 0 spiro atoms. The number of hydrogen-bond donors (Lipinski definition) is 1.